The zero-order valence-electron chi connectivity index (χ0n) is 12.6. The smallest absolute Gasteiger partial charge is 0.344 e. The first-order valence-corrected chi connectivity index (χ1v) is 6.72. The quantitative estimate of drug-likeness (QED) is 0.616. The van der Waals surface area contributed by atoms with E-state index < -0.39 is 12.1 Å². The van der Waals surface area contributed by atoms with Gasteiger partial charge in [-0.3, -0.25) is 4.79 Å². The summed E-state index contributed by atoms with van der Waals surface area (Å²) < 4.78 is 10.4. The first kappa shape index (κ1) is 16.8. The predicted octanol–water partition coefficient (Wildman–Crippen LogP) is 1.92. The van der Waals surface area contributed by atoms with Crippen molar-refractivity contribution < 1.29 is 19.1 Å². The Kier molecular flexibility index (Phi) is 6.46. The topological polar surface area (TPSA) is 64.6 Å². The predicted molar refractivity (Wildman–Crippen MR) is 80.2 cm³/mol. The highest BCUT2D eigenvalue weighted by Crippen LogP contribution is 2.20. The number of hydrogen-bond acceptors (Lipinski definition) is 4. The molecule has 5 heteroatoms. The van der Waals surface area contributed by atoms with E-state index in [2.05, 4.69) is 11.9 Å². The van der Waals surface area contributed by atoms with Gasteiger partial charge in [0.1, 0.15) is 5.75 Å². The number of ether oxygens (including phenoxy) is 2. The molecule has 0 fully saturated rings. The van der Waals surface area contributed by atoms with Gasteiger partial charge < -0.3 is 14.8 Å². The molecule has 0 aliphatic carbocycles. The largest absolute Gasteiger partial charge is 0.482 e. The third-order valence-corrected chi connectivity index (χ3v) is 3.00. The van der Waals surface area contributed by atoms with Crippen molar-refractivity contribution in [3.05, 3.63) is 42.0 Å². The molecular formula is C16H21NO4. The van der Waals surface area contributed by atoms with E-state index in [9.17, 15) is 9.59 Å². The average Bonchev–Trinajstić information content (AvgIpc) is 2.46. The Labute approximate surface area is 124 Å². The molecule has 114 valence electrons. The van der Waals surface area contributed by atoms with Crippen LogP contribution in [-0.2, 0) is 14.3 Å². The van der Waals surface area contributed by atoms with Crippen LogP contribution in [0.1, 0.15) is 18.1 Å². The van der Waals surface area contributed by atoms with Crippen LogP contribution in [0.5, 0.6) is 5.75 Å². The summed E-state index contributed by atoms with van der Waals surface area (Å²) in [4.78, 5) is 23.2. The van der Waals surface area contributed by atoms with E-state index in [1.807, 2.05) is 26.0 Å². The van der Waals surface area contributed by atoms with Gasteiger partial charge in [-0.1, -0.05) is 18.2 Å². The Balaban J connectivity index is 2.45. The first-order valence-electron chi connectivity index (χ1n) is 6.72. The fourth-order valence-electron chi connectivity index (χ4n) is 1.62. The van der Waals surface area contributed by atoms with Crippen LogP contribution in [-0.4, -0.2) is 31.1 Å². The third-order valence-electron chi connectivity index (χ3n) is 3.00. The lowest BCUT2D eigenvalue weighted by Gasteiger charge is -2.14. The molecule has 21 heavy (non-hydrogen) atoms. The van der Waals surface area contributed by atoms with Gasteiger partial charge in [0.2, 0.25) is 0 Å². The highest BCUT2D eigenvalue weighted by atomic mass is 16.6. The second kappa shape index (κ2) is 8.09. The van der Waals surface area contributed by atoms with Crippen LogP contribution in [0.25, 0.3) is 0 Å². The molecule has 0 saturated carbocycles. The van der Waals surface area contributed by atoms with E-state index in [-0.39, 0.29) is 12.5 Å². The number of carbonyl (C=O) groups is 2. The van der Waals surface area contributed by atoms with E-state index in [4.69, 9.17) is 9.47 Å². The normalized spacial score (nSPS) is 11.4. The summed E-state index contributed by atoms with van der Waals surface area (Å²) in [5.41, 5.74) is 2.06. The van der Waals surface area contributed by atoms with Gasteiger partial charge in [0, 0.05) is 6.54 Å². The van der Waals surface area contributed by atoms with Crippen molar-refractivity contribution in [2.24, 2.45) is 0 Å². The lowest BCUT2D eigenvalue weighted by Crippen LogP contribution is -2.36. The zero-order chi connectivity index (χ0) is 15.8. The number of amides is 1. The minimum absolute atomic E-state index is 0.233. The van der Waals surface area contributed by atoms with Crippen molar-refractivity contribution in [3.8, 4) is 5.75 Å². The molecule has 0 aliphatic rings. The Morgan fingerprint density at radius 2 is 2.10 bits per heavy atom. The molecule has 1 aromatic carbocycles. The summed E-state index contributed by atoms with van der Waals surface area (Å²) in [7, 11) is 0. The number of esters is 1. The van der Waals surface area contributed by atoms with Gasteiger partial charge in [-0.2, -0.15) is 0 Å². The van der Waals surface area contributed by atoms with Crippen LogP contribution in [0, 0.1) is 13.8 Å². The van der Waals surface area contributed by atoms with Crippen LogP contribution >= 0.6 is 0 Å². The van der Waals surface area contributed by atoms with Crippen LogP contribution in [0.2, 0.25) is 0 Å². The van der Waals surface area contributed by atoms with E-state index in [0.717, 1.165) is 11.1 Å². The Bertz CT molecular complexity index is 525. The fraction of sp³-hybridized carbons (Fsp3) is 0.375. The minimum Gasteiger partial charge on any atom is -0.482 e. The fourth-order valence-corrected chi connectivity index (χ4v) is 1.62. The summed E-state index contributed by atoms with van der Waals surface area (Å²) in [6.07, 6.45) is 0.690. The highest BCUT2D eigenvalue weighted by Gasteiger charge is 2.17. The average molecular weight is 291 g/mol. The molecule has 0 aromatic heterocycles. The molecule has 1 amide bonds. The summed E-state index contributed by atoms with van der Waals surface area (Å²) >= 11 is 0. The second-order valence-electron chi connectivity index (χ2n) is 4.65. The minimum atomic E-state index is -0.861. The zero-order valence-corrected chi connectivity index (χ0v) is 12.6. The van der Waals surface area contributed by atoms with Gasteiger partial charge in [-0.15, -0.1) is 6.58 Å². The van der Waals surface area contributed by atoms with E-state index in [1.54, 1.807) is 12.1 Å². The maximum absolute atomic E-state index is 11.7. The Morgan fingerprint density at radius 3 is 2.76 bits per heavy atom. The van der Waals surface area contributed by atoms with Gasteiger partial charge >= 0.3 is 5.97 Å². The maximum atomic E-state index is 11.7. The van der Waals surface area contributed by atoms with Gasteiger partial charge in [0.25, 0.3) is 5.91 Å². The van der Waals surface area contributed by atoms with Crippen molar-refractivity contribution >= 4 is 11.9 Å². The van der Waals surface area contributed by atoms with E-state index in [1.165, 1.54) is 6.92 Å². The third kappa shape index (κ3) is 5.30. The van der Waals surface area contributed by atoms with Crippen molar-refractivity contribution in [2.45, 2.75) is 26.9 Å². The standard InChI is InChI=1S/C16H21NO4/c1-5-9-17-16(19)13(4)21-15(18)10-20-14-8-6-7-11(2)12(14)3/h5-8,13H,1,9-10H2,2-4H3,(H,17,19)/t13-/m1/s1. The molecule has 0 unspecified atom stereocenters. The van der Waals surface area contributed by atoms with Crippen molar-refractivity contribution in [2.75, 3.05) is 13.2 Å². The first-order chi connectivity index (χ1) is 9.95. The number of rotatable bonds is 7. The molecule has 0 bridgehead atoms. The molecule has 0 radical (unpaired) electrons. The van der Waals surface area contributed by atoms with Gasteiger partial charge in [-0.05, 0) is 38.0 Å². The van der Waals surface area contributed by atoms with E-state index >= 15 is 0 Å². The molecule has 0 heterocycles. The number of carbonyl (C=O) groups excluding carboxylic acids is 2. The molecule has 1 N–H and O–H groups in total. The maximum Gasteiger partial charge on any atom is 0.344 e. The summed E-state index contributed by atoms with van der Waals surface area (Å²) in [6, 6.07) is 5.61. The molecule has 0 aliphatic heterocycles. The summed E-state index contributed by atoms with van der Waals surface area (Å²) in [6.45, 7) is 8.98. The number of benzene rings is 1. The molecular weight excluding hydrogens is 270 g/mol. The monoisotopic (exact) mass is 291 g/mol. The molecule has 1 aromatic rings. The molecule has 1 atom stereocenters. The lowest BCUT2D eigenvalue weighted by molar-refractivity contribution is -0.156. The van der Waals surface area contributed by atoms with Gasteiger partial charge in [0.05, 0.1) is 0 Å². The van der Waals surface area contributed by atoms with Crippen LogP contribution in [0.3, 0.4) is 0 Å². The highest BCUT2D eigenvalue weighted by molar-refractivity contribution is 5.83. The molecule has 0 spiro atoms. The van der Waals surface area contributed by atoms with Crippen molar-refractivity contribution in [1.82, 2.24) is 5.32 Å². The van der Waals surface area contributed by atoms with Crippen molar-refractivity contribution in [1.29, 1.82) is 0 Å². The number of aryl methyl sites for hydroxylation is 1. The van der Waals surface area contributed by atoms with Crippen LogP contribution in [0.4, 0.5) is 0 Å². The van der Waals surface area contributed by atoms with Gasteiger partial charge in [0.15, 0.2) is 12.7 Å². The molecule has 0 saturated heterocycles. The number of hydrogen-bond donors (Lipinski definition) is 1. The lowest BCUT2D eigenvalue weighted by atomic mass is 10.1. The van der Waals surface area contributed by atoms with Crippen LogP contribution in [0.15, 0.2) is 30.9 Å². The van der Waals surface area contributed by atoms with Gasteiger partial charge in [-0.25, -0.2) is 4.79 Å². The summed E-state index contributed by atoms with van der Waals surface area (Å²) in [5, 5.41) is 2.55. The second-order valence-corrected chi connectivity index (χ2v) is 4.65. The number of nitrogens with one attached hydrogen (secondary N) is 1. The Hall–Kier alpha value is -2.30. The van der Waals surface area contributed by atoms with E-state index in [0.29, 0.717) is 12.3 Å². The van der Waals surface area contributed by atoms with Crippen LogP contribution < -0.4 is 10.1 Å². The SMILES string of the molecule is C=CCNC(=O)[C@@H](C)OC(=O)COc1cccc(C)c1C. The molecule has 1 rings (SSSR count). The van der Waals surface area contributed by atoms with Crippen molar-refractivity contribution in [3.63, 3.8) is 0 Å². The molecule has 5 nitrogen and oxygen atoms in total. The Morgan fingerprint density at radius 1 is 1.38 bits per heavy atom. The summed E-state index contributed by atoms with van der Waals surface area (Å²) in [5.74, 6) is -0.317.